The number of halogens is 4. The molecule has 0 saturated heterocycles. The first-order valence-corrected chi connectivity index (χ1v) is 9.45. The first kappa shape index (κ1) is 20.9. The molecule has 1 N–H and O–H groups in total. The van der Waals surface area contributed by atoms with Gasteiger partial charge in [0.25, 0.3) is 0 Å². The highest BCUT2D eigenvalue weighted by Gasteiger charge is 2.35. The van der Waals surface area contributed by atoms with Gasteiger partial charge in [0.15, 0.2) is 0 Å². The van der Waals surface area contributed by atoms with Crippen LogP contribution in [0.3, 0.4) is 0 Å². The van der Waals surface area contributed by atoms with Gasteiger partial charge in [0.1, 0.15) is 11.4 Å². The first-order chi connectivity index (χ1) is 13.8. The number of nitrogens with one attached hydrogen (secondary N) is 1. The van der Waals surface area contributed by atoms with E-state index in [9.17, 15) is 13.2 Å². The standard InChI is InChI=1S/C21H20ClF3N4/c1-3-4-14-5-11-17(12-6-14)29(2)20-26-13-18(21(23,24)25)19(28-20)27-16-9-7-15(22)8-10-16/h5-13H,3-4H2,1-2H3,(H,26,27,28). The van der Waals surface area contributed by atoms with Crippen molar-refractivity contribution in [3.8, 4) is 0 Å². The van der Waals surface area contributed by atoms with Crippen LogP contribution in [0.4, 0.5) is 36.3 Å². The van der Waals surface area contributed by atoms with E-state index in [1.807, 2.05) is 24.3 Å². The van der Waals surface area contributed by atoms with Gasteiger partial charge in [0.2, 0.25) is 5.95 Å². The molecule has 3 rings (SSSR count). The lowest BCUT2D eigenvalue weighted by Gasteiger charge is -2.20. The van der Waals surface area contributed by atoms with Crippen LogP contribution in [-0.4, -0.2) is 17.0 Å². The molecule has 0 radical (unpaired) electrons. The number of aryl methyl sites for hydroxylation is 1. The molecule has 1 aromatic heterocycles. The van der Waals surface area contributed by atoms with Crippen LogP contribution in [-0.2, 0) is 12.6 Å². The lowest BCUT2D eigenvalue weighted by Crippen LogP contribution is -2.17. The molecule has 0 bridgehead atoms. The zero-order chi connectivity index (χ0) is 21.0. The fourth-order valence-corrected chi connectivity index (χ4v) is 2.92. The molecule has 0 saturated carbocycles. The Morgan fingerprint density at radius 2 is 1.69 bits per heavy atom. The minimum absolute atomic E-state index is 0.151. The summed E-state index contributed by atoms with van der Waals surface area (Å²) in [6.45, 7) is 2.10. The molecule has 0 aliphatic rings. The minimum Gasteiger partial charge on any atom is -0.340 e. The predicted octanol–water partition coefficient (Wildman–Crippen LogP) is 6.61. The molecule has 0 fully saturated rings. The van der Waals surface area contributed by atoms with Crippen LogP contribution in [0, 0.1) is 0 Å². The van der Waals surface area contributed by atoms with Gasteiger partial charge in [-0.1, -0.05) is 37.1 Å². The molecule has 2 aromatic carbocycles. The summed E-state index contributed by atoms with van der Waals surface area (Å²) < 4.78 is 40.3. The average Bonchev–Trinajstić information content (AvgIpc) is 2.69. The van der Waals surface area contributed by atoms with Gasteiger partial charge in [0.05, 0.1) is 0 Å². The predicted molar refractivity (Wildman–Crippen MR) is 110 cm³/mol. The second kappa shape index (κ2) is 8.69. The van der Waals surface area contributed by atoms with E-state index in [4.69, 9.17) is 11.6 Å². The SMILES string of the molecule is CCCc1ccc(N(C)c2ncc(C(F)(F)F)c(Nc3ccc(Cl)cc3)n2)cc1. The second-order valence-corrected chi connectivity index (χ2v) is 6.97. The number of alkyl halides is 3. The molecule has 0 aliphatic carbocycles. The molecular formula is C21H20ClF3N4. The van der Waals surface area contributed by atoms with Crippen LogP contribution in [0.1, 0.15) is 24.5 Å². The van der Waals surface area contributed by atoms with Crippen LogP contribution >= 0.6 is 11.6 Å². The summed E-state index contributed by atoms with van der Waals surface area (Å²) in [5.41, 5.74) is 1.48. The van der Waals surface area contributed by atoms with Crippen LogP contribution in [0.2, 0.25) is 5.02 Å². The molecule has 0 unspecified atom stereocenters. The number of hydrogen-bond donors (Lipinski definition) is 1. The van der Waals surface area contributed by atoms with E-state index < -0.39 is 11.7 Å². The number of benzene rings is 2. The van der Waals surface area contributed by atoms with Crippen molar-refractivity contribution in [1.29, 1.82) is 0 Å². The van der Waals surface area contributed by atoms with E-state index >= 15 is 0 Å². The van der Waals surface area contributed by atoms with Crippen molar-refractivity contribution in [2.75, 3.05) is 17.3 Å². The Hall–Kier alpha value is -2.80. The average molecular weight is 421 g/mol. The highest BCUT2D eigenvalue weighted by molar-refractivity contribution is 6.30. The van der Waals surface area contributed by atoms with Crippen molar-refractivity contribution in [3.05, 3.63) is 70.9 Å². The van der Waals surface area contributed by atoms with Gasteiger partial charge in [-0.3, -0.25) is 0 Å². The van der Waals surface area contributed by atoms with E-state index in [-0.39, 0.29) is 11.8 Å². The molecule has 0 spiro atoms. The molecule has 3 aromatic rings. The molecule has 4 nitrogen and oxygen atoms in total. The van der Waals surface area contributed by atoms with Crippen molar-refractivity contribution in [3.63, 3.8) is 0 Å². The number of anilines is 4. The summed E-state index contributed by atoms with van der Waals surface area (Å²) in [4.78, 5) is 9.71. The van der Waals surface area contributed by atoms with Gasteiger partial charge in [-0.2, -0.15) is 18.2 Å². The lowest BCUT2D eigenvalue weighted by atomic mass is 10.1. The van der Waals surface area contributed by atoms with E-state index in [0.29, 0.717) is 10.7 Å². The largest absolute Gasteiger partial charge is 0.421 e. The minimum atomic E-state index is -4.59. The van der Waals surface area contributed by atoms with Crippen molar-refractivity contribution < 1.29 is 13.2 Å². The van der Waals surface area contributed by atoms with Crippen molar-refractivity contribution in [2.24, 2.45) is 0 Å². The topological polar surface area (TPSA) is 41.1 Å². The maximum absolute atomic E-state index is 13.4. The maximum atomic E-state index is 13.4. The molecular weight excluding hydrogens is 401 g/mol. The Morgan fingerprint density at radius 1 is 1.03 bits per heavy atom. The fraction of sp³-hybridized carbons (Fsp3) is 0.238. The Bertz CT molecular complexity index is 957. The van der Waals surface area contributed by atoms with Gasteiger partial charge < -0.3 is 10.2 Å². The summed E-state index contributed by atoms with van der Waals surface area (Å²) in [7, 11) is 1.71. The molecule has 29 heavy (non-hydrogen) atoms. The van der Waals surface area contributed by atoms with Crippen LogP contribution < -0.4 is 10.2 Å². The number of hydrogen-bond acceptors (Lipinski definition) is 4. The number of aromatic nitrogens is 2. The maximum Gasteiger partial charge on any atom is 0.421 e. The highest BCUT2D eigenvalue weighted by atomic mass is 35.5. The molecule has 8 heteroatoms. The normalized spacial score (nSPS) is 11.4. The molecule has 0 amide bonds. The van der Waals surface area contributed by atoms with Crippen LogP contribution in [0.5, 0.6) is 0 Å². The Balaban J connectivity index is 1.94. The van der Waals surface area contributed by atoms with E-state index in [0.717, 1.165) is 24.7 Å². The van der Waals surface area contributed by atoms with E-state index in [1.165, 1.54) is 5.56 Å². The highest BCUT2D eigenvalue weighted by Crippen LogP contribution is 2.36. The van der Waals surface area contributed by atoms with E-state index in [2.05, 4.69) is 22.2 Å². The third-order valence-corrected chi connectivity index (χ3v) is 4.60. The quantitative estimate of drug-likeness (QED) is 0.487. The van der Waals surface area contributed by atoms with Crippen LogP contribution in [0.15, 0.2) is 54.7 Å². The molecule has 0 aliphatic heterocycles. The van der Waals surface area contributed by atoms with Gasteiger partial charge >= 0.3 is 6.18 Å². The first-order valence-electron chi connectivity index (χ1n) is 9.07. The number of nitrogens with zero attached hydrogens (tertiary/aromatic N) is 3. The molecule has 0 atom stereocenters. The van der Waals surface area contributed by atoms with Crippen LogP contribution in [0.25, 0.3) is 0 Å². The number of rotatable bonds is 6. The van der Waals surface area contributed by atoms with E-state index in [1.54, 1.807) is 36.2 Å². The van der Waals surface area contributed by atoms with Crippen molar-refractivity contribution in [1.82, 2.24) is 9.97 Å². The lowest BCUT2D eigenvalue weighted by molar-refractivity contribution is -0.137. The summed E-state index contributed by atoms with van der Waals surface area (Å²) in [6, 6.07) is 14.1. The molecule has 152 valence electrons. The van der Waals surface area contributed by atoms with Crippen molar-refractivity contribution >= 4 is 34.7 Å². The summed E-state index contributed by atoms with van der Waals surface area (Å²) >= 11 is 5.84. The smallest absolute Gasteiger partial charge is 0.340 e. The van der Waals surface area contributed by atoms with Gasteiger partial charge in [-0.15, -0.1) is 0 Å². The summed E-state index contributed by atoms with van der Waals surface area (Å²) in [5, 5.41) is 3.21. The zero-order valence-corrected chi connectivity index (χ0v) is 16.7. The Kier molecular flexibility index (Phi) is 6.27. The van der Waals surface area contributed by atoms with Gasteiger partial charge in [-0.25, -0.2) is 4.98 Å². The monoisotopic (exact) mass is 420 g/mol. The third kappa shape index (κ3) is 5.17. The zero-order valence-electron chi connectivity index (χ0n) is 16.0. The van der Waals surface area contributed by atoms with Crippen molar-refractivity contribution in [2.45, 2.75) is 25.9 Å². The summed E-state index contributed by atoms with van der Waals surface area (Å²) in [5.74, 6) is -0.169. The van der Waals surface area contributed by atoms with Gasteiger partial charge in [-0.05, 0) is 48.4 Å². The third-order valence-electron chi connectivity index (χ3n) is 4.35. The second-order valence-electron chi connectivity index (χ2n) is 6.54. The molecule has 1 heterocycles. The fourth-order valence-electron chi connectivity index (χ4n) is 2.80. The summed E-state index contributed by atoms with van der Waals surface area (Å²) in [6.07, 6.45) is -1.79. The Labute approximate surface area is 172 Å². The Morgan fingerprint density at radius 3 is 2.28 bits per heavy atom. The van der Waals surface area contributed by atoms with Gasteiger partial charge in [0, 0.05) is 29.6 Å².